The van der Waals surface area contributed by atoms with E-state index >= 15 is 0 Å². The Morgan fingerprint density at radius 3 is 2.33 bits per heavy atom. The summed E-state index contributed by atoms with van der Waals surface area (Å²) in [5.41, 5.74) is 0. The van der Waals surface area contributed by atoms with Gasteiger partial charge in [0.05, 0.1) is 0 Å². The first-order chi connectivity index (χ1) is 7.24. The van der Waals surface area contributed by atoms with Gasteiger partial charge in [-0.1, -0.05) is 27.2 Å². The van der Waals surface area contributed by atoms with Crippen molar-refractivity contribution >= 4 is 0 Å². The molecular weight excluding hydrogens is 184 g/mol. The molecule has 0 aromatic carbocycles. The van der Waals surface area contributed by atoms with E-state index in [1.54, 1.807) is 0 Å². The van der Waals surface area contributed by atoms with Gasteiger partial charge >= 0.3 is 0 Å². The molecule has 2 heteroatoms. The summed E-state index contributed by atoms with van der Waals surface area (Å²) in [4.78, 5) is 2.64. The number of nitrogens with zero attached hydrogens (tertiary/aromatic N) is 1. The standard InChI is InChI=1S/C13H28N2/c1-4-14-8-6-5-7-9-15-10-12(2)13(3)11-15/h12-14H,4-11H2,1-3H3. The molecule has 2 atom stereocenters. The zero-order chi connectivity index (χ0) is 11.1. The van der Waals surface area contributed by atoms with Crippen LogP contribution in [0.25, 0.3) is 0 Å². The number of unbranched alkanes of at least 4 members (excludes halogenated alkanes) is 2. The van der Waals surface area contributed by atoms with Crippen molar-refractivity contribution in [2.24, 2.45) is 11.8 Å². The minimum absolute atomic E-state index is 0.909. The van der Waals surface area contributed by atoms with E-state index in [4.69, 9.17) is 0 Å². The second kappa shape index (κ2) is 7.24. The maximum Gasteiger partial charge on any atom is 0.00102 e. The van der Waals surface area contributed by atoms with Crippen molar-refractivity contribution in [1.29, 1.82) is 0 Å². The maximum absolute atomic E-state index is 3.38. The van der Waals surface area contributed by atoms with Gasteiger partial charge in [-0.2, -0.15) is 0 Å². The van der Waals surface area contributed by atoms with Crippen LogP contribution in [-0.2, 0) is 0 Å². The summed E-state index contributed by atoms with van der Waals surface area (Å²) in [5, 5.41) is 3.38. The molecule has 0 spiro atoms. The van der Waals surface area contributed by atoms with Gasteiger partial charge in [0.15, 0.2) is 0 Å². The predicted molar refractivity (Wildman–Crippen MR) is 67.2 cm³/mol. The third-order valence-electron chi connectivity index (χ3n) is 3.64. The molecule has 0 aromatic rings. The highest BCUT2D eigenvalue weighted by Crippen LogP contribution is 2.22. The molecule has 0 amide bonds. The molecule has 1 N–H and O–H groups in total. The molecule has 2 nitrogen and oxygen atoms in total. The Labute approximate surface area is 95.4 Å². The van der Waals surface area contributed by atoms with Crippen molar-refractivity contribution in [3.8, 4) is 0 Å². The lowest BCUT2D eigenvalue weighted by Crippen LogP contribution is -2.22. The summed E-state index contributed by atoms with van der Waals surface area (Å²) >= 11 is 0. The van der Waals surface area contributed by atoms with Crippen LogP contribution in [0.3, 0.4) is 0 Å². The van der Waals surface area contributed by atoms with Crippen LogP contribution in [0.15, 0.2) is 0 Å². The third kappa shape index (κ3) is 4.98. The molecule has 0 saturated carbocycles. The second-order valence-electron chi connectivity index (χ2n) is 5.13. The minimum Gasteiger partial charge on any atom is -0.317 e. The van der Waals surface area contributed by atoms with E-state index in [1.165, 1.54) is 45.4 Å². The highest BCUT2D eigenvalue weighted by molar-refractivity contribution is 4.78. The van der Waals surface area contributed by atoms with Gasteiger partial charge in [0.2, 0.25) is 0 Å². The van der Waals surface area contributed by atoms with E-state index in [9.17, 15) is 0 Å². The van der Waals surface area contributed by atoms with Gasteiger partial charge in [0.1, 0.15) is 0 Å². The number of nitrogens with one attached hydrogen (secondary N) is 1. The maximum atomic E-state index is 3.38. The molecule has 1 saturated heterocycles. The highest BCUT2D eigenvalue weighted by Gasteiger charge is 2.24. The summed E-state index contributed by atoms with van der Waals surface area (Å²) in [6.45, 7) is 13.2. The summed E-state index contributed by atoms with van der Waals surface area (Å²) in [7, 11) is 0. The van der Waals surface area contributed by atoms with Gasteiger partial charge in [0.25, 0.3) is 0 Å². The van der Waals surface area contributed by atoms with Crippen LogP contribution >= 0.6 is 0 Å². The molecule has 0 aromatic heterocycles. The van der Waals surface area contributed by atoms with Gasteiger partial charge in [0, 0.05) is 13.1 Å². The van der Waals surface area contributed by atoms with Crippen molar-refractivity contribution in [2.75, 3.05) is 32.7 Å². The van der Waals surface area contributed by atoms with Crippen LogP contribution < -0.4 is 5.32 Å². The van der Waals surface area contributed by atoms with Crippen LogP contribution in [-0.4, -0.2) is 37.6 Å². The predicted octanol–water partition coefficient (Wildman–Crippen LogP) is 2.35. The van der Waals surface area contributed by atoms with E-state index in [0.717, 1.165) is 18.4 Å². The van der Waals surface area contributed by atoms with Crippen molar-refractivity contribution in [1.82, 2.24) is 10.2 Å². The SMILES string of the molecule is CCNCCCCCN1CC(C)C(C)C1. The number of likely N-dealkylation sites (tertiary alicyclic amines) is 1. The van der Waals surface area contributed by atoms with E-state index in [-0.39, 0.29) is 0 Å². The lowest BCUT2D eigenvalue weighted by Gasteiger charge is -2.14. The van der Waals surface area contributed by atoms with Gasteiger partial charge in [-0.05, 0) is 44.3 Å². The van der Waals surface area contributed by atoms with Crippen LogP contribution in [0.2, 0.25) is 0 Å². The molecule has 1 fully saturated rings. The Morgan fingerprint density at radius 2 is 1.73 bits per heavy atom. The molecule has 90 valence electrons. The number of rotatable bonds is 7. The quantitative estimate of drug-likeness (QED) is 0.652. The fourth-order valence-corrected chi connectivity index (χ4v) is 2.37. The molecule has 2 unspecified atom stereocenters. The number of hydrogen-bond acceptors (Lipinski definition) is 2. The first-order valence-electron chi connectivity index (χ1n) is 6.67. The van der Waals surface area contributed by atoms with Gasteiger partial charge in [-0.25, -0.2) is 0 Å². The smallest absolute Gasteiger partial charge is 0.00102 e. The van der Waals surface area contributed by atoms with Gasteiger partial charge in [-0.3, -0.25) is 0 Å². The zero-order valence-corrected chi connectivity index (χ0v) is 10.8. The third-order valence-corrected chi connectivity index (χ3v) is 3.64. The molecule has 1 rings (SSSR count). The van der Waals surface area contributed by atoms with Gasteiger partial charge in [-0.15, -0.1) is 0 Å². The lowest BCUT2D eigenvalue weighted by atomic mass is 10.0. The van der Waals surface area contributed by atoms with Crippen LogP contribution in [0.1, 0.15) is 40.0 Å². The Balaban J connectivity index is 1.92. The van der Waals surface area contributed by atoms with E-state index in [2.05, 4.69) is 31.0 Å². The van der Waals surface area contributed by atoms with E-state index in [0.29, 0.717) is 0 Å². The highest BCUT2D eigenvalue weighted by atomic mass is 15.1. The molecule has 15 heavy (non-hydrogen) atoms. The summed E-state index contributed by atoms with van der Waals surface area (Å²) in [6.07, 6.45) is 4.10. The molecule has 0 radical (unpaired) electrons. The zero-order valence-electron chi connectivity index (χ0n) is 10.8. The average molecular weight is 212 g/mol. The fraction of sp³-hybridized carbons (Fsp3) is 1.00. The van der Waals surface area contributed by atoms with E-state index < -0.39 is 0 Å². The average Bonchev–Trinajstić information content (AvgIpc) is 2.52. The fourth-order valence-electron chi connectivity index (χ4n) is 2.37. The Bertz CT molecular complexity index is 149. The molecule has 0 bridgehead atoms. The van der Waals surface area contributed by atoms with Crippen molar-refractivity contribution in [3.63, 3.8) is 0 Å². The molecule has 0 aliphatic carbocycles. The van der Waals surface area contributed by atoms with Crippen molar-refractivity contribution < 1.29 is 0 Å². The Kier molecular flexibility index (Phi) is 6.26. The van der Waals surface area contributed by atoms with E-state index in [1.807, 2.05) is 0 Å². The van der Waals surface area contributed by atoms with Crippen molar-refractivity contribution in [2.45, 2.75) is 40.0 Å². The van der Waals surface area contributed by atoms with Crippen molar-refractivity contribution in [3.05, 3.63) is 0 Å². The van der Waals surface area contributed by atoms with Crippen LogP contribution in [0.5, 0.6) is 0 Å². The van der Waals surface area contributed by atoms with Crippen LogP contribution in [0.4, 0.5) is 0 Å². The Hall–Kier alpha value is -0.0800. The first kappa shape index (κ1) is 13.0. The monoisotopic (exact) mass is 212 g/mol. The first-order valence-corrected chi connectivity index (χ1v) is 6.67. The van der Waals surface area contributed by atoms with Gasteiger partial charge < -0.3 is 10.2 Å². The molecule has 1 aliphatic heterocycles. The molecule has 1 aliphatic rings. The Morgan fingerprint density at radius 1 is 1.07 bits per heavy atom. The lowest BCUT2D eigenvalue weighted by molar-refractivity contribution is 0.314. The minimum atomic E-state index is 0.909. The largest absolute Gasteiger partial charge is 0.317 e. The summed E-state index contributed by atoms with van der Waals surface area (Å²) in [5.74, 6) is 1.82. The molecular formula is C13H28N2. The molecule has 1 heterocycles. The normalized spacial score (nSPS) is 27.4. The summed E-state index contributed by atoms with van der Waals surface area (Å²) in [6, 6.07) is 0. The summed E-state index contributed by atoms with van der Waals surface area (Å²) < 4.78 is 0. The van der Waals surface area contributed by atoms with Crippen LogP contribution in [0, 0.1) is 11.8 Å². The topological polar surface area (TPSA) is 15.3 Å². The number of hydrogen-bond donors (Lipinski definition) is 1. The second-order valence-corrected chi connectivity index (χ2v) is 5.13.